The first-order valence-corrected chi connectivity index (χ1v) is 11.8. The molecule has 0 aliphatic carbocycles. The third-order valence-corrected chi connectivity index (χ3v) is 6.80. The Bertz CT molecular complexity index is 1130. The number of carbonyl (C=O) groups is 1. The summed E-state index contributed by atoms with van der Waals surface area (Å²) in [6, 6.07) is 3.91. The van der Waals surface area contributed by atoms with Crippen molar-refractivity contribution in [3.63, 3.8) is 0 Å². The van der Waals surface area contributed by atoms with Crippen LogP contribution in [-0.2, 0) is 4.79 Å². The summed E-state index contributed by atoms with van der Waals surface area (Å²) in [5, 5.41) is 0.633. The normalized spacial score (nSPS) is 18.3. The van der Waals surface area contributed by atoms with Crippen molar-refractivity contribution in [1.82, 2.24) is 19.8 Å². The second kappa shape index (κ2) is 9.31. The fraction of sp³-hybridized carbons (Fsp3) is 0.417. The number of anilines is 2. The number of nitrogens with zero attached hydrogens (tertiary/aromatic N) is 6. The van der Waals surface area contributed by atoms with Gasteiger partial charge in [0.1, 0.15) is 23.5 Å². The number of halogens is 2. The first-order chi connectivity index (χ1) is 15.7. The summed E-state index contributed by atoms with van der Waals surface area (Å²) in [6.45, 7) is 14.2. The van der Waals surface area contributed by atoms with Crippen LogP contribution >= 0.6 is 23.2 Å². The van der Waals surface area contributed by atoms with E-state index in [2.05, 4.69) is 54.0 Å². The van der Waals surface area contributed by atoms with Crippen LogP contribution in [0.4, 0.5) is 11.5 Å². The van der Waals surface area contributed by atoms with Gasteiger partial charge in [-0.1, -0.05) is 43.6 Å². The van der Waals surface area contributed by atoms with Crippen LogP contribution < -0.4 is 4.90 Å². The van der Waals surface area contributed by atoms with Gasteiger partial charge in [-0.15, -0.1) is 0 Å². The van der Waals surface area contributed by atoms with Crippen LogP contribution in [0.15, 0.2) is 36.0 Å². The van der Waals surface area contributed by atoms with Gasteiger partial charge in [0, 0.05) is 31.9 Å². The molecule has 2 aliphatic rings. The number of aromatic nitrogens is 2. The fourth-order valence-electron chi connectivity index (χ4n) is 4.49. The number of aryl methyl sites for hydroxylation is 1. The largest absolute Gasteiger partial charge is 0.350 e. The van der Waals surface area contributed by atoms with Gasteiger partial charge in [-0.2, -0.15) is 0 Å². The van der Waals surface area contributed by atoms with E-state index in [4.69, 9.17) is 28.2 Å². The molecule has 1 atom stereocenters. The predicted molar refractivity (Wildman–Crippen MR) is 134 cm³/mol. The lowest BCUT2D eigenvalue weighted by atomic mass is 10.0. The maximum absolute atomic E-state index is 12.1. The Morgan fingerprint density at radius 1 is 1.30 bits per heavy atom. The third kappa shape index (κ3) is 4.32. The molecule has 0 unspecified atom stereocenters. The van der Waals surface area contributed by atoms with Gasteiger partial charge in [0.25, 0.3) is 0 Å². The van der Waals surface area contributed by atoms with Crippen LogP contribution in [-0.4, -0.2) is 63.9 Å². The van der Waals surface area contributed by atoms with Gasteiger partial charge >= 0.3 is 0 Å². The highest BCUT2D eigenvalue weighted by molar-refractivity contribution is 6.41. The first-order valence-electron chi connectivity index (χ1n) is 11.0. The summed E-state index contributed by atoms with van der Waals surface area (Å²) in [4.78, 5) is 32.5. The quantitative estimate of drug-likeness (QED) is 0.460. The summed E-state index contributed by atoms with van der Waals surface area (Å²) in [6.07, 6.45) is 3.20. The van der Waals surface area contributed by atoms with E-state index in [0.29, 0.717) is 37.1 Å². The lowest BCUT2D eigenvalue weighted by molar-refractivity contribution is -0.128. The van der Waals surface area contributed by atoms with Gasteiger partial charge in [0.2, 0.25) is 5.91 Å². The number of carbonyl (C=O) groups excluding carboxylic acids is 1. The minimum absolute atomic E-state index is 0.0524. The molecule has 9 heteroatoms. The van der Waals surface area contributed by atoms with Crippen molar-refractivity contribution >= 4 is 46.4 Å². The van der Waals surface area contributed by atoms with E-state index in [-0.39, 0.29) is 23.0 Å². The lowest BCUT2D eigenvalue weighted by Gasteiger charge is -2.43. The second-order valence-electron chi connectivity index (χ2n) is 8.73. The van der Waals surface area contributed by atoms with Gasteiger partial charge in [-0.25, -0.2) is 9.98 Å². The fourth-order valence-corrected chi connectivity index (χ4v) is 4.77. The summed E-state index contributed by atoms with van der Waals surface area (Å²) in [7, 11) is 0. The molecule has 1 fully saturated rings. The zero-order chi connectivity index (χ0) is 23.9. The standard InChI is InChI=1S/C24H28Cl2N6O/c1-6-19(33)30-9-10-31(16(5)12-30)23-17-11-18(25)22(26)29-24(17)32(13-28-23)21-15(4)7-8-27-20(21)14(2)3/h6-8,11,14,16H,1,9-10,12-13H2,2-5H3/t16-/m0/s1. The Morgan fingerprint density at radius 3 is 2.73 bits per heavy atom. The van der Waals surface area contributed by atoms with Crippen LogP contribution in [0.5, 0.6) is 0 Å². The highest BCUT2D eigenvalue weighted by Gasteiger charge is 2.34. The zero-order valence-electron chi connectivity index (χ0n) is 19.3. The van der Waals surface area contributed by atoms with Gasteiger partial charge < -0.3 is 14.7 Å². The van der Waals surface area contributed by atoms with Crippen molar-refractivity contribution in [2.24, 2.45) is 4.99 Å². The molecule has 4 heterocycles. The molecule has 0 radical (unpaired) electrons. The molecule has 0 saturated carbocycles. The number of hydrogen-bond donors (Lipinski definition) is 0. The Labute approximate surface area is 204 Å². The summed E-state index contributed by atoms with van der Waals surface area (Å²) >= 11 is 12.8. The molecule has 33 heavy (non-hydrogen) atoms. The molecule has 2 aromatic heterocycles. The molecule has 0 spiro atoms. The van der Waals surface area contributed by atoms with Gasteiger partial charge in [-0.3, -0.25) is 9.78 Å². The van der Waals surface area contributed by atoms with Crippen molar-refractivity contribution in [3.05, 3.63) is 58.0 Å². The number of amidine groups is 1. The van der Waals surface area contributed by atoms with Crippen LogP contribution in [0.25, 0.3) is 0 Å². The molecule has 0 bridgehead atoms. The van der Waals surface area contributed by atoms with Crippen LogP contribution in [0.2, 0.25) is 10.2 Å². The average Bonchev–Trinajstić information content (AvgIpc) is 2.79. The molecule has 174 valence electrons. The summed E-state index contributed by atoms with van der Waals surface area (Å²) in [5.74, 6) is 1.71. The Balaban J connectivity index is 1.77. The minimum Gasteiger partial charge on any atom is -0.350 e. The molecule has 0 N–H and O–H groups in total. The molecular weight excluding hydrogens is 459 g/mol. The molecule has 2 aliphatic heterocycles. The van der Waals surface area contributed by atoms with E-state index in [1.165, 1.54) is 6.08 Å². The number of piperazine rings is 1. The number of rotatable bonds is 3. The molecule has 0 aromatic carbocycles. The van der Waals surface area contributed by atoms with Crippen LogP contribution in [0, 0.1) is 6.92 Å². The summed E-state index contributed by atoms with van der Waals surface area (Å²) < 4.78 is 0. The van der Waals surface area contributed by atoms with Crippen LogP contribution in [0.1, 0.15) is 43.5 Å². The topological polar surface area (TPSA) is 64.9 Å². The Hall–Kier alpha value is -2.64. The maximum Gasteiger partial charge on any atom is 0.246 e. The number of fused-ring (bicyclic) bond motifs is 1. The van der Waals surface area contributed by atoms with E-state index in [0.717, 1.165) is 28.3 Å². The Kier molecular flexibility index (Phi) is 6.64. The van der Waals surface area contributed by atoms with E-state index in [1.54, 1.807) is 0 Å². The van der Waals surface area contributed by atoms with Crippen molar-refractivity contribution < 1.29 is 4.79 Å². The Morgan fingerprint density at radius 2 is 2.06 bits per heavy atom. The number of aliphatic imine (C=N–C) groups is 1. The molecule has 4 rings (SSSR count). The third-order valence-electron chi connectivity index (χ3n) is 6.13. The summed E-state index contributed by atoms with van der Waals surface area (Å²) in [5.41, 5.74) is 3.90. The average molecular weight is 487 g/mol. The highest BCUT2D eigenvalue weighted by atomic mass is 35.5. The van der Waals surface area contributed by atoms with Crippen LogP contribution in [0.3, 0.4) is 0 Å². The van der Waals surface area contributed by atoms with Crippen molar-refractivity contribution in [3.8, 4) is 0 Å². The predicted octanol–water partition coefficient (Wildman–Crippen LogP) is 4.79. The SMILES string of the molecule is C=CC(=O)N1CCN(C2=NCN(c3c(C)ccnc3C(C)C)c3nc(Cl)c(Cl)cc32)[C@@H](C)C1. The molecular formula is C24H28Cl2N6O. The zero-order valence-corrected chi connectivity index (χ0v) is 20.9. The van der Waals surface area contributed by atoms with Crippen molar-refractivity contribution in [2.45, 2.75) is 39.7 Å². The van der Waals surface area contributed by atoms with Crippen molar-refractivity contribution in [1.29, 1.82) is 0 Å². The van der Waals surface area contributed by atoms with E-state index >= 15 is 0 Å². The monoisotopic (exact) mass is 486 g/mol. The molecule has 1 saturated heterocycles. The van der Waals surface area contributed by atoms with E-state index in [9.17, 15) is 4.79 Å². The number of pyridine rings is 2. The second-order valence-corrected chi connectivity index (χ2v) is 9.50. The first kappa shape index (κ1) is 23.5. The van der Waals surface area contributed by atoms with Gasteiger partial charge in [-0.05, 0) is 43.5 Å². The van der Waals surface area contributed by atoms with E-state index < -0.39 is 0 Å². The molecule has 1 amide bonds. The van der Waals surface area contributed by atoms with Gasteiger partial charge in [0.05, 0.1) is 22.0 Å². The molecule has 2 aromatic rings. The highest BCUT2D eigenvalue weighted by Crippen LogP contribution is 2.39. The number of amides is 1. The smallest absolute Gasteiger partial charge is 0.246 e. The minimum atomic E-state index is -0.0524. The van der Waals surface area contributed by atoms with Gasteiger partial charge in [0.15, 0.2) is 0 Å². The van der Waals surface area contributed by atoms with E-state index in [1.807, 2.05) is 23.2 Å². The molecule has 7 nitrogen and oxygen atoms in total. The van der Waals surface area contributed by atoms with Crippen molar-refractivity contribution in [2.75, 3.05) is 31.2 Å². The lowest BCUT2D eigenvalue weighted by Crippen LogP contribution is -2.56. The maximum atomic E-state index is 12.1. The number of hydrogen-bond acceptors (Lipinski definition) is 6.